The molecular formula is C19H36O2. The third kappa shape index (κ3) is 11.5. The minimum Gasteiger partial charge on any atom is -0.465 e. The van der Waals surface area contributed by atoms with E-state index in [0.29, 0.717) is 6.61 Å². The van der Waals surface area contributed by atoms with Gasteiger partial charge in [-0.25, -0.2) is 0 Å². The lowest BCUT2D eigenvalue weighted by Gasteiger charge is -2.22. The summed E-state index contributed by atoms with van der Waals surface area (Å²) in [6, 6.07) is 0. The van der Waals surface area contributed by atoms with Crippen LogP contribution in [0.15, 0.2) is 12.2 Å². The van der Waals surface area contributed by atoms with Gasteiger partial charge in [-0.3, -0.25) is 4.79 Å². The molecule has 0 rings (SSSR count). The summed E-state index contributed by atoms with van der Waals surface area (Å²) in [7, 11) is 0. The van der Waals surface area contributed by atoms with Gasteiger partial charge in [0.15, 0.2) is 0 Å². The highest BCUT2D eigenvalue weighted by Crippen LogP contribution is 2.25. The highest BCUT2D eigenvalue weighted by Gasteiger charge is 2.28. The van der Waals surface area contributed by atoms with Gasteiger partial charge < -0.3 is 4.74 Å². The second-order valence-electron chi connectivity index (χ2n) is 6.59. The first-order chi connectivity index (χ1) is 10.0. The molecule has 0 aliphatic rings. The van der Waals surface area contributed by atoms with Gasteiger partial charge in [0.25, 0.3) is 0 Å². The van der Waals surface area contributed by atoms with Gasteiger partial charge in [-0.15, -0.1) is 0 Å². The Morgan fingerprint density at radius 2 is 1.52 bits per heavy atom. The van der Waals surface area contributed by atoms with Crippen molar-refractivity contribution in [1.82, 2.24) is 0 Å². The monoisotopic (exact) mass is 296 g/mol. The van der Waals surface area contributed by atoms with Gasteiger partial charge in [-0.05, 0) is 46.0 Å². The minimum atomic E-state index is -0.324. The van der Waals surface area contributed by atoms with Crippen molar-refractivity contribution < 1.29 is 9.53 Å². The molecule has 2 heteroatoms. The Labute approximate surface area is 132 Å². The van der Waals surface area contributed by atoms with Crippen molar-refractivity contribution >= 4 is 5.97 Å². The zero-order chi connectivity index (χ0) is 16.0. The molecule has 0 heterocycles. The van der Waals surface area contributed by atoms with Crippen LogP contribution in [0.1, 0.15) is 91.9 Å². The Bertz CT molecular complexity index is 279. The van der Waals surface area contributed by atoms with Crippen LogP contribution in [0.2, 0.25) is 0 Å². The van der Waals surface area contributed by atoms with Crippen LogP contribution in [0.3, 0.4) is 0 Å². The molecule has 0 fully saturated rings. The van der Waals surface area contributed by atoms with E-state index in [1.165, 1.54) is 44.9 Å². The highest BCUT2D eigenvalue weighted by molar-refractivity contribution is 5.75. The van der Waals surface area contributed by atoms with E-state index in [1.54, 1.807) is 0 Å². The normalized spacial score (nSPS) is 12.0. The molecule has 0 saturated carbocycles. The number of esters is 1. The molecule has 0 spiro atoms. The molecule has 2 nitrogen and oxygen atoms in total. The van der Waals surface area contributed by atoms with E-state index in [0.717, 1.165) is 19.3 Å². The van der Waals surface area contributed by atoms with Crippen molar-refractivity contribution in [2.75, 3.05) is 6.61 Å². The summed E-state index contributed by atoms with van der Waals surface area (Å²) in [6.07, 6.45) is 16.3. The molecule has 124 valence electrons. The molecule has 0 aliphatic heterocycles. The zero-order valence-electron chi connectivity index (χ0n) is 14.7. The average Bonchev–Trinajstić information content (AvgIpc) is 2.46. The summed E-state index contributed by atoms with van der Waals surface area (Å²) in [6.45, 7) is 8.81. The van der Waals surface area contributed by atoms with E-state index in [4.69, 9.17) is 4.74 Å². The lowest BCUT2D eigenvalue weighted by molar-refractivity contribution is -0.154. The summed E-state index contributed by atoms with van der Waals surface area (Å²) in [5, 5.41) is 0. The van der Waals surface area contributed by atoms with Crippen LogP contribution >= 0.6 is 0 Å². The van der Waals surface area contributed by atoms with Crippen LogP contribution in [0.25, 0.3) is 0 Å². The van der Waals surface area contributed by atoms with Crippen molar-refractivity contribution in [1.29, 1.82) is 0 Å². The van der Waals surface area contributed by atoms with E-state index >= 15 is 0 Å². The number of allylic oxidation sites excluding steroid dienone is 2. The van der Waals surface area contributed by atoms with Crippen LogP contribution in [0, 0.1) is 5.41 Å². The van der Waals surface area contributed by atoms with E-state index in [1.807, 2.05) is 20.8 Å². The number of hydrogen-bond donors (Lipinski definition) is 0. The Morgan fingerprint density at radius 1 is 0.905 bits per heavy atom. The Balaban J connectivity index is 3.56. The molecule has 0 amide bonds. The minimum absolute atomic E-state index is 0.0387. The Hall–Kier alpha value is -0.790. The summed E-state index contributed by atoms with van der Waals surface area (Å²) >= 11 is 0. The Morgan fingerprint density at radius 3 is 2.14 bits per heavy atom. The number of hydrogen-bond acceptors (Lipinski definition) is 2. The maximum atomic E-state index is 11.9. The second kappa shape index (κ2) is 12.9. The van der Waals surface area contributed by atoms with Crippen LogP contribution < -0.4 is 0 Å². The number of carbonyl (C=O) groups excluding carboxylic acids is 1. The van der Waals surface area contributed by atoms with Gasteiger partial charge in [-0.2, -0.15) is 0 Å². The molecule has 0 aromatic carbocycles. The first-order valence-electron chi connectivity index (χ1n) is 8.86. The quantitative estimate of drug-likeness (QED) is 0.235. The predicted molar refractivity (Wildman–Crippen MR) is 91.4 cm³/mol. The SMILES string of the molecule is CCCC/C=C\CCCCCCC(C)(C)C(=O)OCCC. The number of carbonyl (C=O) groups is 1. The predicted octanol–water partition coefficient (Wildman–Crippen LogP) is 6.05. The second-order valence-corrected chi connectivity index (χ2v) is 6.59. The standard InChI is InChI=1S/C19H36O2/c1-5-7-8-9-10-11-12-13-14-15-16-19(3,4)18(20)21-17-6-2/h9-10H,5-8,11-17H2,1-4H3/b10-9-. The van der Waals surface area contributed by atoms with E-state index in [-0.39, 0.29) is 11.4 Å². The first-order valence-corrected chi connectivity index (χ1v) is 8.86. The van der Waals surface area contributed by atoms with E-state index < -0.39 is 0 Å². The number of ether oxygens (including phenoxy) is 1. The van der Waals surface area contributed by atoms with Gasteiger partial charge in [0.05, 0.1) is 12.0 Å². The van der Waals surface area contributed by atoms with Gasteiger partial charge in [0, 0.05) is 0 Å². The molecule has 0 aliphatic carbocycles. The number of unbranched alkanes of at least 4 members (excludes halogenated alkanes) is 6. The first kappa shape index (κ1) is 20.2. The van der Waals surface area contributed by atoms with Crippen molar-refractivity contribution in [3.8, 4) is 0 Å². The summed E-state index contributed by atoms with van der Waals surface area (Å²) < 4.78 is 5.25. The van der Waals surface area contributed by atoms with Crippen LogP contribution in [0.4, 0.5) is 0 Å². The fourth-order valence-corrected chi connectivity index (χ4v) is 2.23. The molecule has 0 aromatic rings. The molecule has 0 unspecified atom stereocenters. The van der Waals surface area contributed by atoms with Gasteiger partial charge in [0.2, 0.25) is 0 Å². The van der Waals surface area contributed by atoms with E-state index in [2.05, 4.69) is 19.1 Å². The van der Waals surface area contributed by atoms with Crippen molar-refractivity contribution in [3.05, 3.63) is 12.2 Å². The molecule has 0 N–H and O–H groups in total. The molecular weight excluding hydrogens is 260 g/mol. The van der Waals surface area contributed by atoms with Crippen LogP contribution in [-0.2, 0) is 9.53 Å². The van der Waals surface area contributed by atoms with Crippen LogP contribution in [0.5, 0.6) is 0 Å². The summed E-state index contributed by atoms with van der Waals surface area (Å²) in [5.74, 6) is -0.0387. The fourth-order valence-electron chi connectivity index (χ4n) is 2.23. The summed E-state index contributed by atoms with van der Waals surface area (Å²) in [4.78, 5) is 11.9. The summed E-state index contributed by atoms with van der Waals surface area (Å²) in [5.41, 5.74) is -0.324. The topological polar surface area (TPSA) is 26.3 Å². The molecule has 0 bridgehead atoms. The third-order valence-corrected chi connectivity index (χ3v) is 3.80. The molecule has 0 radical (unpaired) electrons. The maximum absolute atomic E-state index is 11.9. The molecule has 0 aromatic heterocycles. The van der Waals surface area contributed by atoms with Crippen molar-refractivity contribution in [2.24, 2.45) is 5.41 Å². The number of rotatable bonds is 13. The van der Waals surface area contributed by atoms with Crippen LogP contribution in [-0.4, -0.2) is 12.6 Å². The smallest absolute Gasteiger partial charge is 0.311 e. The van der Waals surface area contributed by atoms with Gasteiger partial charge in [-0.1, -0.05) is 58.1 Å². The highest BCUT2D eigenvalue weighted by atomic mass is 16.5. The lowest BCUT2D eigenvalue weighted by Crippen LogP contribution is -2.26. The fraction of sp³-hybridized carbons (Fsp3) is 0.842. The molecule has 0 atom stereocenters. The van der Waals surface area contributed by atoms with Crippen molar-refractivity contribution in [3.63, 3.8) is 0 Å². The van der Waals surface area contributed by atoms with Crippen molar-refractivity contribution in [2.45, 2.75) is 91.9 Å². The zero-order valence-corrected chi connectivity index (χ0v) is 14.7. The lowest BCUT2D eigenvalue weighted by atomic mass is 9.87. The molecule has 0 saturated heterocycles. The van der Waals surface area contributed by atoms with E-state index in [9.17, 15) is 4.79 Å². The van der Waals surface area contributed by atoms with Gasteiger partial charge >= 0.3 is 5.97 Å². The largest absolute Gasteiger partial charge is 0.465 e. The average molecular weight is 296 g/mol. The molecule has 21 heavy (non-hydrogen) atoms. The third-order valence-electron chi connectivity index (χ3n) is 3.80. The maximum Gasteiger partial charge on any atom is 0.311 e. The van der Waals surface area contributed by atoms with Gasteiger partial charge in [0.1, 0.15) is 0 Å². The Kier molecular flexibility index (Phi) is 12.4.